The van der Waals surface area contributed by atoms with Crippen molar-refractivity contribution in [3.63, 3.8) is 0 Å². The van der Waals surface area contributed by atoms with E-state index in [1.807, 2.05) is 6.92 Å². The zero-order valence-corrected chi connectivity index (χ0v) is 15.6. The molecule has 2 rings (SSSR count). The van der Waals surface area contributed by atoms with Crippen LogP contribution in [0.25, 0.3) is 0 Å². The van der Waals surface area contributed by atoms with E-state index in [1.165, 1.54) is 6.07 Å². The number of sulfone groups is 1. The highest BCUT2D eigenvalue weighted by Gasteiger charge is 2.36. The van der Waals surface area contributed by atoms with Crippen LogP contribution in [0.5, 0.6) is 0 Å². The van der Waals surface area contributed by atoms with E-state index in [4.69, 9.17) is 5.73 Å². The zero-order valence-electron chi connectivity index (χ0n) is 14.7. The molecule has 1 amide bonds. The molecule has 1 saturated heterocycles. The van der Waals surface area contributed by atoms with Crippen LogP contribution in [-0.2, 0) is 14.6 Å². The molecule has 2 unspecified atom stereocenters. The fourth-order valence-electron chi connectivity index (χ4n) is 3.04. The minimum absolute atomic E-state index is 0.0581. The largest absolute Gasteiger partial charge is 0.327 e. The molecule has 1 aliphatic rings. The third kappa shape index (κ3) is 4.15. The Morgan fingerprint density at radius 1 is 1.38 bits per heavy atom. The average Bonchev–Trinajstić information content (AvgIpc) is 2.48. The normalized spacial score (nSPS) is 22.8. The van der Waals surface area contributed by atoms with Crippen LogP contribution in [0, 0.1) is 5.41 Å². The molecular formula is C17H27N3O3S. The van der Waals surface area contributed by atoms with Crippen LogP contribution in [-0.4, -0.2) is 50.7 Å². The molecule has 1 aromatic carbocycles. The zero-order chi connectivity index (χ0) is 18.1. The summed E-state index contributed by atoms with van der Waals surface area (Å²) in [5.74, 6) is -0.211. The van der Waals surface area contributed by atoms with Crippen molar-refractivity contribution in [1.29, 1.82) is 0 Å². The number of nitrogens with zero attached hydrogens (tertiary/aromatic N) is 1. The Balaban J connectivity index is 2.14. The van der Waals surface area contributed by atoms with Crippen molar-refractivity contribution in [2.24, 2.45) is 11.1 Å². The van der Waals surface area contributed by atoms with E-state index >= 15 is 0 Å². The Kier molecular flexibility index (Phi) is 5.37. The van der Waals surface area contributed by atoms with E-state index in [0.717, 1.165) is 25.8 Å². The molecule has 24 heavy (non-hydrogen) atoms. The number of piperidine rings is 1. The summed E-state index contributed by atoms with van der Waals surface area (Å²) in [6.07, 6.45) is 1.97. The van der Waals surface area contributed by atoms with Gasteiger partial charge >= 0.3 is 0 Å². The molecule has 6 nitrogen and oxygen atoms in total. The van der Waals surface area contributed by atoms with Gasteiger partial charge in [0.15, 0.2) is 9.84 Å². The molecule has 1 aliphatic heterocycles. The van der Waals surface area contributed by atoms with Gasteiger partial charge in [-0.25, -0.2) is 8.42 Å². The van der Waals surface area contributed by atoms with Crippen LogP contribution in [0.15, 0.2) is 29.2 Å². The summed E-state index contributed by atoms with van der Waals surface area (Å²) >= 11 is 0. The van der Waals surface area contributed by atoms with Gasteiger partial charge in [-0.2, -0.15) is 0 Å². The van der Waals surface area contributed by atoms with Crippen molar-refractivity contribution in [2.45, 2.75) is 44.2 Å². The number of anilines is 1. The van der Waals surface area contributed by atoms with E-state index in [2.05, 4.69) is 24.1 Å². The minimum atomic E-state index is -3.40. The first-order valence-corrected chi connectivity index (χ1v) is 10.0. The van der Waals surface area contributed by atoms with Gasteiger partial charge in [-0.3, -0.25) is 9.69 Å². The number of nitrogens with two attached hydrogens (primary N) is 1. The first-order chi connectivity index (χ1) is 11.0. The van der Waals surface area contributed by atoms with Gasteiger partial charge in [-0.1, -0.05) is 26.0 Å². The highest BCUT2D eigenvalue weighted by Crippen LogP contribution is 2.29. The predicted molar refractivity (Wildman–Crippen MR) is 95.6 cm³/mol. The van der Waals surface area contributed by atoms with Gasteiger partial charge in [0.05, 0.1) is 16.6 Å². The van der Waals surface area contributed by atoms with Crippen LogP contribution in [0.2, 0.25) is 0 Å². The molecule has 134 valence electrons. The number of nitrogens with one attached hydrogen (secondary N) is 1. The molecule has 0 saturated carbocycles. The summed E-state index contributed by atoms with van der Waals surface area (Å²) in [6, 6.07) is 6.22. The molecule has 7 heteroatoms. The topological polar surface area (TPSA) is 92.5 Å². The van der Waals surface area contributed by atoms with E-state index in [0.29, 0.717) is 5.69 Å². The predicted octanol–water partition coefficient (Wildman–Crippen LogP) is 1.48. The molecule has 0 radical (unpaired) electrons. The number of likely N-dealkylation sites (tertiary alicyclic amines) is 1. The Morgan fingerprint density at radius 2 is 2.00 bits per heavy atom. The molecule has 0 aromatic heterocycles. The number of carbonyl (C=O) groups is 1. The highest BCUT2D eigenvalue weighted by atomic mass is 32.2. The van der Waals surface area contributed by atoms with Crippen molar-refractivity contribution in [3.8, 4) is 0 Å². The molecular weight excluding hydrogens is 326 g/mol. The second kappa shape index (κ2) is 6.82. The number of carbonyl (C=O) groups excluding carboxylic acids is 1. The lowest BCUT2D eigenvalue weighted by atomic mass is 9.79. The number of amides is 1. The van der Waals surface area contributed by atoms with Gasteiger partial charge < -0.3 is 11.1 Å². The molecule has 2 atom stereocenters. The lowest BCUT2D eigenvalue weighted by Crippen LogP contribution is -2.56. The summed E-state index contributed by atoms with van der Waals surface area (Å²) < 4.78 is 23.7. The lowest BCUT2D eigenvalue weighted by Gasteiger charge is -2.44. The Hall–Kier alpha value is -1.44. The first-order valence-electron chi connectivity index (χ1n) is 8.12. The van der Waals surface area contributed by atoms with E-state index in [1.54, 1.807) is 18.2 Å². The molecule has 0 bridgehead atoms. The van der Waals surface area contributed by atoms with Crippen molar-refractivity contribution < 1.29 is 13.2 Å². The van der Waals surface area contributed by atoms with Crippen LogP contribution >= 0.6 is 0 Å². The fourth-order valence-corrected chi connectivity index (χ4v) is 3.89. The quantitative estimate of drug-likeness (QED) is 0.855. The molecule has 1 aromatic rings. The maximum Gasteiger partial charge on any atom is 0.241 e. The third-order valence-corrected chi connectivity index (χ3v) is 5.97. The maximum atomic E-state index is 12.6. The monoisotopic (exact) mass is 353 g/mol. The maximum absolute atomic E-state index is 12.6. The van der Waals surface area contributed by atoms with Gasteiger partial charge in [-0.15, -0.1) is 0 Å². The fraction of sp³-hybridized carbons (Fsp3) is 0.588. The van der Waals surface area contributed by atoms with Gasteiger partial charge in [-0.05, 0) is 30.9 Å². The second-order valence-corrected chi connectivity index (χ2v) is 9.27. The Labute approximate surface area is 144 Å². The van der Waals surface area contributed by atoms with Gasteiger partial charge in [0.2, 0.25) is 5.91 Å². The van der Waals surface area contributed by atoms with Crippen LogP contribution in [0.1, 0.15) is 27.2 Å². The number of rotatable bonds is 4. The van der Waals surface area contributed by atoms with Crippen molar-refractivity contribution in [2.75, 3.05) is 24.7 Å². The van der Waals surface area contributed by atoms with Crippen molar-refractivity contribution >= 4 is 21.4 Å². The summed E-state index contributed by atoms with van der Waals surface area (Å²) in [7, 11) is -3.40. The van der Waals surface area contributed by atoms with Crippen LogP contribution < -0.4 is 11.1 Å². The van der Waals surface area contributed by atoms with Crippen molar-refractivity contribution in [1.82, 2.24) is 4.90 Å². The summed E-state index contributed by atoms with van der Waals surface area (Å²) in [5.41, 5.74) is 6.41. The summed E-state index contributed by atoms with van der Waals surface area (Å²) in [6.45, 7) is 7.54. The third-order valence-electron chi connectivity index (χ3n) is 4.81. The van der Waals surface area contributed by atoms with E-state index in [-0.39, 0.29) is 28.3 Å². The number of hydrogen-bond donors (Lipinski definition) is 2. The lowest BCUT2D eigenvalue weighted by molar-refractivity contribution is -0.122. The van der Waals surface area contributed by atoms with Gasteiger partial charge in [0.25, 0.3) is 0 Å². The molecule has 1 heterocycles. The number of para-hydroxylation sites is 1. The Morgan fingerprint density at radius 3 is 2.58 bits per heavy atom. The van der Waals surface area contributed by atoms with E-state index < -0.39 is 9.84 Å². The van der Waals surface area contributed by atoms with Gasteiger partial charge in [0, 0.05) is 25.4 Å². The molecule has 0 spiro atoms. The Bertz CT molecular complexity index is 716. The average molecular weight is 353 g/mol. The minimum Gasteiger partial charge on any atom is -0.327 e. The van der Waals surface area contributed by atoms with Crippen LogP contribution in [0.4, 0.5) is 5.69 Å². The summed E-state index contributed by atoms with van der Waals surface area (Å²) in [5, 5.41) is 2.76. The smallest absolute Gasteiger partial charge is 0.241 e. The number of hydrogen-bond acceptors (Lipinski definition) is 5. The van der Waals surface area contributed by atoms with Crippen LogP contribution in [0.3, 0.4) is 0 Å². The summed E-state index contributed by atoms with van der Waals surface area (Å²) in [4.78, 5) is 14.8. The first kappa shape index (κ1) is 18.9. The second-order valence-electron chi connectivity index (χ2n) is 7.29. The molecule has 0 aliphatic carbocycles. The standard InChI is InChI=1S/C17H27N3O3S/c1-12(20-10-9-15(18)17(2,3)11-20)16(21)19-13-7-5-6-8-14(13)24(4,22)23/h5-8,12,15H,9-11,18H2,1-4H3,(H,19,21). The van der Waals surface area contributed by atoms with E-state index in [9.17, 15) is 13.2 Å². The van der Waals surface area contributed by atoms with Crippen molar-refractivity contribution in [3.05, 3.63) is 24.3 Å². The molecule has 1 fully saturated rings. The number of benzene rings is 1. The van der Waals surface area contributed by atoms with Gasteiger partial charge in [0.1, 0.15) is 0 Å². The highest BCUT2D eigenvalue weighted by molar-refractivity contribution is 7.90. The SMILES string of the molecule is CC(C(=O)Nc1ccccc1S(C)(=O)=O)N1CCC(N)C(C)(C)C1. The molecule has 3 N–H and O–H groups in total.